The first kappa shape index (κ1) is 12.8. The van der Waals surface area contributed by atoms with Gasteiger partial charge in [0.05, 0.1) is 0 Å². The molecule has 0 bridgehead atoms. The van der Waals surface area contributed by atoms with Crippen LogP contribution in [0.2, 0.25) is 0 Å². The van der Waals surface area contributed by atoms with Gasteiger partial charge in [0.1, 0.15) is 0 Å². The summed E-state index contributed by atoms with van der Waals surface area (Å²) in [5, 5.41) is 13.7. The Morgan fingerprint density at radius 1 is 1.50 bits per heavy atom. The fourth-order valence-corrected chi connectivity index (χ4v) is 2.40. The fraction of sp³-hybridized carbons (Fsp3) is 0.357. The summed E-state index contributed by atoms with van der Waals surface area (Å²) in [5.41, 5.74) is 1.53. The van der Waals surface area contributed by atoms with E-state index < -0.39 is 0 Å². The molecule has 0 spiro atoms. The summed E-state index contributed by atoms with van der Waals surface area (Å²) in [4.78, 5) is 12.0. The first-order chi connectivity index (χ1) is 9.81. The molecule has 0 aliphatic carbocycles. The number of carbonyl (C=O) groups excluding carboxylic acids is 1. The van der Waals surface area contributed by atoms with Gasteiger partial charge in [-0.05, 0) is 37.6 Å². The molecule has 1 aromatic carbocycles. The van der Waals surface area contributed by atoms with Gasteiger partial charge < -0.3 is 15.1 Å². The minimum Gasteiger partial charge on any atom is -0.423 e. The number of rotatable bonds is 4. The minimum absolute atomic E-state index is 0.0204. The number of aromatic nitrogens is 2. The second kappa shape index (κ2) is 5.83. The predicted molar refractivity (Wildman–Crippen MR) is 74.0 cm³/mol. The Morgan fingerprint density at radius 2 is 2.45 bits per heavy atom. The van der Waals surface area contributed by atoms with E-state index >= 15 is 0 Å². The van der Waals surface area contributed by atoms with Crippen LogP contribution in [0.4, 0.5) is 5.69 Å². The Labute approximate surface area is 116 Å². The second-order valence-electron chi connectivity index (χ2n) is 4.87. The number of nitrogens with one attached hydrogen (secondary N) is 2. The lowest BCUT2D eigenvalue weighted by Gasteiger charge is -2.10. The molecular formula is C14H16N4O2. The van der Waals surface area contributed by atoms with Gasteiger partial charge in [-0.2, -0.15) is 0 Å². The van der Waals surface area contributed by atoms with Crippen LogP contribution in [0.25, 0.3) is 11.5 Å². The van der Waals surface area contributed by atoms with E-state index in [1.54, 1.807) is 0 Å². The van der Waals surface area contributed by atoms with Gasteiger partial charge in [-0.1, -0.05) is 6.07 Å². The van der Waals surface area contributed by atoms with Gasteiger partial charge >= 0.3 is 0 Å². The van der Waals surface area contributed by atoms with Crippen molar-refractivity contribution in [2.75, 3.05) is 11.9 Å². The molecule has 2 N–H and O–H groups in total. The molecule has 1 saturated heterocycles. The van der Waals surface area contributed by atoms with E-state index in [0.717, 1.165) is 30.6 Å². The average Bonchev–Trinajstić information content (AvgIpc) is 3.11. The summed E-state index contributed by atoms with van der Waals surface area (Å²) in [6, 6.07) is 7.69. The zero-order chi connectivity index (χ0) is 13.8. The zero-order valence-corrected chi connectivity index (χ0v) is 11.0. The summed E-state index contributed by atoms with van der Waals surface area (Å²) < 4.78 is 5.14. The lowest BCUT2D eigenvalue weighted by atomic mass is 10.1. The molecule has 6 nitrogen and oxygen atoms in total. The molecule has 2 aromatic rings. The summed E-state index contributed by atoms with van der Waals surface area (Å²) in [6.45, 7) is 1.00. The summed E-state index contributed by atoms with van der Waals surface area (Å²) in [6.07, 6.45) is 4.00. The Morgan fingerprint density at radius 3 is 3.20 bits per heavy atom. The van der Waals surface area contributed by atoms with Gasteiger partial charge in [-0.3, -0.25) is 4.79 Å². The molecule has 1 unspecified atom stereocenters. The molecule has 1 fully saturated rings. The van der Waals surface area contributed by atoms with Crippen molar-refractivity contribution in [1.29, 1.82) is 0 Å². The van der Waals surface area contributed by atoms with E-state index in [1.165, 1.54) is 6.39 Å². The van der Waals surface area contributed by atoms with Gasteiger partial charge in [0.15, 0.2) is 0 Å². The minimum atomic E-state index is 0.0204. The van der Waals surface area contributed by atoms with Gasteiger partial charge in [0.2, 0.25) is 18.2 Å². The van der Waals surface area contributed by atoms with Crippen molar-refractivity contribution in [3.63, 3.8) is 0 Å². The van der Waals surface area contributed by atoms with Gasteiger partial charge in [0.25, 0.3) is 0 Å². The van der Waals surface area contributed by atoms with Crippen LogP contribution in [0.15, 0.2) is 35.1 Å². The number of hydrogen-bond donors (Lipinski definition) is 2. The highest BCUT2D eigenvalue weighted by Crippen LogP contribution is 2.20. The Bertz CT molecular complexity index is 577. The van der Waals surface area contributed by atoms with Crippen molar-refractivity contribution in [3.05, 3.63) is 30.7 Å². The van der Waals surface area contributed by atoms with Crippen molar-refractivity contribution in [1.82, 2.24) is 15.5 Å². The van der Waals surface area contributed by atoms with Crippen LogP contribution >= 0.6 is 0 Å². The number of amides is 1. The summed E-state index contributed by atoms with van der Waals surface area (Å²) >= 11 is 0. The van der Waals surface area contributed by atoms with Crippen LogP contribution in [0.5, 0.6) is 0 Å². The SMILES string of the molecule is O=C(CC1CCCN1)Nc1cccc(-c2nnco2)c1. The van der Waals surface area contributed by atoms with E-state index in [-0.39, 0.29) is 5.91 Å². The monoisotopic (exact) mass is 272 g/mol. The second-order valence-corrected chi connectivity index (χ2v) is 4.87. The predicted octanol–water partition coefficient (Wildman–Crippen LogP) is 1.82. The molecule has 1 aromatic heterocycles. The van der Waals surface area contributed by atoms with Crippen molar-refractivity contribution < 1.29 is 9.21 Å². The van der Waals surface area contributed by atoms with E-state index in [0.29, 0.717) is 18.4 Å². The third kappa shape index (κ3) is 3.03. The maximum Gasteiger partial charge on any atom is 0.247 e. The quantitative estimate of drug-likeness (QED) is 0.887. The molecule has 20 heavy (non-hydrogen) atoms. The van der Waals surface area contributed by atoms with E-state index in [1.807, 2.05) is 24.3 Å². The first-order valence-corrected chi connectivity index (χ1v) is 6.71. The van der Waals surface area contributed by atoms with Crippen molar-refractivity contribution in [3.8, 4) is 11.5 Å². The molecule has 1 atom stereocenters. The van der Waals surface area contributed by atoms with Gasteiger partial charge in [-0.15, -0.1) is 10.2 Å². The van der Waals surface area contributed by atoms with Crippen LogP contribution in [0.3, 0.4) is 0 Å². The molecule has 0 saturated carbocycles. The van der Waals surface area contributed by atoms with Crippen LogP contribution < -0.4 is 10.6 Å². The Kier molecular flexibility index (Phi) is 3.73. The highest BCUT2D eigenvalue weighted by atomic mass is 16.4. The highest BCUT2D eigenvalue weighted by molar-refractivity contribution is 5.91. The molecular weight excluding hydrogens is 256 g/mol. The Hall–Kier alpha value is -2.21. The van der Waals surface area contributed by atoms with E-state index in [4.69, 9.17) is 4.42 Å². The van der Waals surface area contributed by atoms with Crippen LogP contribution in [0, 0.1) is 0 Å². The maximum absolute atomic E-state index is 12.0. The largest absolute Gasteiger partial charge is 0.423 e. The number of hydrogen-bond acceptors (Lipinski definition) is 5. The number of benzene rings is 1. The smallest absolute Gasteiger partial charge is 0.247 e. The molecule has 6 heteroatoms. The molecule has 2 heterocycles. The summed E-state index contributed by atoms with van der Waals surface area (Å²) in [5.74, 6) is 0.464. The number of carbonyl (C=O) groups is 1. The molecule has 104 valence electrons. The third-order valence-electron chi connectivity index (χ3n) is 3.35. The van der Waals surface area contributed by atoms with Crippen molar-refractivity contribution in [2.45, 2.75) is 25.3 Å². The van der Waals surface area contributed by atoms with Crippen molar-refractivity contribution in [2.24, 2.45) is 0 Å². The molecule has 0 radical (unpaired) electrons. The average molecular weight is 272 g/mol. The van der Waals surface area contributed by atoms with Crippen LogP contribution in [-0.2, 0) is 4.79 Å². The van der Waals surface area contributed by atoms with E-state index in [2.05, 4.69) is 20.8 Å². The zero-order valence-electron chi connectivity index (χ0n) is 11.0. The maximum atomic E-state index is 12.0. The number of nitrogens with zero attached hydrogens (tertiary/aromatic N) is 2. The Balaban J connectivity index is 1.65. The van der Waals surface area contributed by atoms with Crippen molar-refractivity contribution >= 4 is 11.6 Å². The molecule has 1 aliphatic heterocycles. The molecule has 3 rings (SSSR count). The lowest BCUT2D eigenvalue weighted by Crippen LogP contribution is -2.27. The van der Waals surface area contributed by atoms with E-state index in [9.17, 15) is 4.79 Å². The number of anilines is 1. The standard InChI is InChI=1S/C14H16N4O2/c19-13(8-11-5-2-6-15-11)17-12-4-1-3-10(7-12)14-18-16-9-20-14/h1,3-4,7,9,11,15H,2,5-6,8H2,(H,17,19). The summed E-state index contributed by atoms with van der Waals surface area (Å²) in [7, 11) is 0. The normalized spacial score (nSPS) is 18.1. The van der Waals surface area contributed by atoms with Gasteiger partial charge in [0, 0.05) is 23.7 Å². The third-order valence-corrected chi connectivity index (χ3v) is 3.35. The topological polar surface area (TPSA) is 80.0 Å². The van der Waals surface area contributed by atoms with Crippen LogP contribution in [0.1, 0.15) is 19.3 Å². The first-order valence-electron chi connectivity index (χ1n) is 6.71. The van der Waals surface area contributed by atoms with Gasteiger partial charge in [-0.25, -0.2) is 0 Å². The fourth-order valence-electron chi connectivity index (χ4n) is 2.40. The lowest BCUT2D eigenvalue weighted by molar-refractivity contribution is -0.116. The van der Waals surface area contributed by atoms with Crippen LogP contribution in [-0.4, -0.2) is 28.7 Å². The highest BCUT2D eigenvalue weighted by Gasteiger charge is 2.17. The molecule has 1 amide bonds. The molecule has 1 aliphatic rings.